The number of nitrogens with zero attached hydrogens (tertiary/aromatic N) is 1. The first-order valence-corrected chi connectivity index (χ1v) is 11.4. The summed E-state index contributed by atoms with van der Waals surface area (Å²) in [5, 5.41) is 0.526. The van der Waals surface area contributed by atoms with E-state index < -0.39 is 10.0 Å². The number of sulfonamides is 1. The zero-order valence-corrected chi connectivity index (χ0v) is 17.3. The smallest absolute Gasteiger partial charge is 0.240 e. The molecule has 0 spiro atoms. The lowest BCUT2D eigenvalue weighted by molar-refractivity contribution is -0.125. The lowest BCUT2D eigenvalue weighted by Crippen LogP contribution is -2.42. The largest absolute Gasteiger partial charge is 0.309 e. The standard InChI is InChI=1S/C21H23ClN2O3S/c1-14-11-17-12-18(9-10-20(17)24(14)21(25)15-6-4-7-15)28(26,27)23-13-16-5-2-3-8-19(16)22/h2-3,5,8-10,12,14-15,23H,4,6-7,11,13H2,1H3/t14-/m1/s1. The van der Waals surface area contributed by atoms with Crippen molar-refractivity contribution >= 4 is 33.2 Å². The molecule has 148 valence electrons. The van der Waals surface area contributed by atoms with Crippen LogP contribution in [0.4, 0.5) is 5.69 Å². The molecule has 5 nitrogen and oxygen atoms in total. The minimum Gasteiger partial charge on any atom is -0.309 e. The van der Waals surface area contributed by atoms with E-state index in [0.717, 1.165) is 36.1 Å². The molecule has 1 atom stereocenters. The van der Waals surface area contributed by atoms with E-state index in [1.165, 1.54) is 0 Å². The Labute approximate surface area is 170 Å². The number of anilines is 1. The van der Waals surface area contributed by atoms with Crippen molar-refractivity contribution in [2.24, 2.45) is 5.92 Å². The zero-order valence-electron chi connectivity index (χ0n) is 15.7. The van der Waals surface area contributed by atoms with Gasteiger partial charge < -0.3 is 4.90 Å². The topological polar surface area (TPSA) is 66.5 Å². The predicted molar refractivity (Wildman–Crippen MR) is 110 cm³/mol. The van der Waals surface area contributed by atoms with E-state index in [9.17, 15) is 13.2 Å². The Morgan fingerprint density at radius 2 is 1.96 bits per heavy atom. The van der Waals surface area contributed by atoms with Gasteiger partial charge in [-0.25, -0.2) is 13.1 Å². The van der Waals surface area contributed by atoms with Gasteiger partial charge in [-0.15, -0.1) is 0 Å². The summed E-state index contributed by atoms with van der Waals surface area (Å²) in [5.74, 6) is 0.291. The molecule has 0 saturated heterocycles. The van der Waals surface area contributed by atoms with Gasteiger partial charge in [0.1, 0.15) is 0 Å². The van der Waals surface area contributed by atoms with Gasteiger partial charge in [0.2, 0.25) is 15.9 Å². The van der Waals surface area contributed by atoms with E-state index in [-0.39, 0.29) is 29.3 Å². The fraction of sp³-hybridized carbons (Fsp3) is 0.381. The van der Waals surface area contributed by atoms with Crippen LogP contribution < -0.4 is 9.62 Å². The summed E-state index contributed by atoms with van der Waals surface area (Å²) in [7, 11) is -3.67. The van der Waals surface area contributed by atoms with Crippen LogP contribution in [0.15, 0.2) is 47.4 Å². The molecule has 1 saturated carbocycles. The number of benzene rings is 2. The molecule has 28 heavy (non-hydrogen) atoms. The van der Waals surface area contributed by atoms with Crippen molar-refractivity contribution in [3.63, 3.8) is 0 Å². The average Bonchev–Trinajstić information content (AvgIpc) is 2.94. The van der Waals surface area contributed by atoms with E-state index in [2.05, 4.69) is 4.72 Å². The van der Waals surface area contributed by atoms with Gasteiger partial charge in [-0.1, -0.05) is 36.2 Å². The summed E-state index contributed by atoms with van der Waals surface area (Å²) < 4.78 is 28.1. The third-order valence-electron chi connectivity index (χ3n) is 5.68. The van der Waals surface area contributed by atoms with E-state index in [4.69, 9.17) is 11.6 Å². The third kappa shape index (κ3) is 3.56. The van der Waals surface area contributed by atoms with Crippen LogP contribution in [0.25, 0.3) is 0 Å². The number of hydrogen-bond donors (Lipinski definition) is 1. The van der Waals surface area contributed by atoms with Gasteiger partial charge in [-0.2, -0.15) is 0 Å². The van der Waals surface area contributed by atoms with Crippen molar-refractivity contribution in [3.05, 3.63) is 58.6 Å². The number of fused-ring (bicyclic) bond motifs is 1. The van der Waals surface area contributed by atoms with E-state index in [1.54, 1.807) is 36.4 Å². The SMILES string of the molecule is C[C@@H]1Cc2cc(S(=O)(=O)NCc3ccccc3Cl)ccc2N1C(=O)C1CCC1. The molecule has 1 aliphatic carbocycles. The number of carbonyl (C=O) groups excluding carboxylic acids is 1. The number of rotatable bonds is 5. The summed E-state index contributed by atoms with van der Waals surface area (Å²) in [4.78, 5) is 14.8. The minimum atomic E-state index is -3.67. The molecular weight excluding hydrogens is 396 g/mol. The summed E-state index contributed by atoms with van der Waals surface area (Å²) in [6.45, 7) is 2.14. The molecule has 1 aliphatic heterocycles. The quantitative estimate of drug-likeness (QED) is 0.800. The van der Waals surface area contributed by atoms with Crippen molar-refractivity contribution in [2.45, 2.75) is 50.1 Å². The molecule has 2 aliphatic rings. The molecule has 1 N–H and O–H groups in total. The van der Waals surface area contributed by atoms with Crippen LogP contribution in [0, 0.1) is 5.92 Å². The normalized spacial score (nSPS) is 19.4. The lowest BCUT2D eigenvalue weighted by atomic mass is 9.84. The minimum absolute atomic E-state index is 0.0529. The monoisotopic (exact) mass is 418 g/mol. The fourth-order valence-corrected chi connectivity index (χ4v) is 5.12. The lowest BCUT2D eigenvalue weighted by Gasteiger charge is -2.32. The molecular formula is C21H23ClN2O3S. The van der Waals surface area contributed by atoms with Crippen LogP contribution in [-0.4, -0.2) is 20.4 Å². The van der Waals surface area contributed by atoms with Crippen LogP contribution >= 0.6 is 11.6 Å². The maximum Gasteiger partial charge on any atom is 0.240 e. The van der Waals surface area contributed by atoms with Crippen molar-refractivity contribution in [3.8, 4) is 0 Å². The molecule has 2 aromatic rings. The summed E-state index contributed by atoms with van der Waals surface area (Å²) in [6.07, 6.45) is 3.69. The number of amides is 1. The number of hydrogen-bond acceptors (Lipinski definition) is 3. The Hall–Kier alpha value is -1.89. The Morgan fingerprint density at radius 1 is 1.21 bits per heavy atom. The molecule has 2 aromatic carbocycles. The summed E-state index contributed by atoms with van der Waals surface area (Å²) in [6, 6.07) is 12.2. The van der Waals surface area contributed by atoms with Crippen molar-refractivity contribution in [1.82, 2.24) is 4.72 Å². The maximum absolute atomic E-state index is 12.8. The highest BCUT2D eigenvalue weighted by Gasteiger charge is 2.37. The van der Waals surface area contributed by atoms with E-state index >= 15 is 0 Å². The number of nitrogens with one attached hydrogen (secondary N) is 1. The van der Waals surface area contributed by atoms with E-state index in [1.807, 2.05) is 17.9 Å². The molecule has 4 rings (SSSR count). The highest BCUT2D eigenvalue weighted by atomic mass is 35.5. The van der Waals surface area contributed by atoms with Gasteiger partial charge in [0.25, 0.3) is 0 Å². The Balaban J connectivity index is 1.54. The molecule has 0 radical (unpaired) electrons. The first-order chi connectivity index (χ1) is 13.4. The van der Waals surface area contributed by atoms with Gasteiger partial charge in [0.05, 0.1) is 4.90 Å². The van der Waals surface area contributed by atoms with Crippen LogP contribution in [0.5, 0.6) is 0 Å². The summed E-state index contributed by atoms with van der Waals surface area (Å²) in [5.41, 5.74) is 2.47. The summed E-state index contributed by atoms with van der Waals surface area (Å²) >= 11 is 6.11. The molecule has 1 amide bonds. The van der Waals surface area contributed by atoms with Gasteiger partial charge in [0, 0.05) is 29.2 Å². The molecule has 0 bridgehead atoms. The molecule has 1 fully saturated rings. The van der Waals surface area contributed by atoms with Crippen molar-refractivity contribution in [2.75, 3.05) is 4.90 Å². The van der Waals surface area contributed by atoms with Crippen LogP contribution in [0.2, 0.25) is 5.02 Å². The number of carbonyl (C=O) groups is 1. The molecule has 0 unspecified atom stereocenters. The van der Waals surface area contributed by atoms with Crippen molar-refractivity contribution in [1.29, 1.82) is 0 Å². The van der Waals surface area contributed by atoms with Gasteiger partial charge in [-0.05, 0) is 61.6 Å². The predicted octanol–water partition coefficient (Wildman–Crippen LogP) is 3.90. The maximum atomic E-state index is 12.8. The second-order valence-corrected chi connectivity index (χ2v) is 9.77. The zero-order chi connectivity index (χ0) is 19.9. The van der Waals surface area contributed by atoms with Crippen molar-refractivity contribution < 1.29 is 13.2 Å². The first kappa shape index (κ1) is 19.4. The Morgan fingerprint density at radius 3 is 2.64 bits per heavy atom. The molecule has 0 aromatic heterocycles. The molecule has 1 heterocycles. The van der Waals surface area contributed by atoms with Crippen LogP contribution in [0.1, 0.15) is 37.3 Å². The highest BCUT2D eigenvalue weighted by molar-refractivity contribution is 7.89. The average molecular weight is 419 g/mol. The highest BCUT2D eigenvalue weighted by Crippen LogP contribution is 2.38. The van der Waals surface area contributed by atoms with Crippen LogP contribution in [-0.2, 0) is 27.8 Å². The van der Waals surface area contributed by atoms with E-state index in [0.29, 0.717) is 11.4 Å². The fourth-order valence-electron chi connectivity index (χ4n) is 3.86. The number of halogens is 1. The Kier molecular flexibility index (Phi) is 5.21. The second kappa shape index (κ2) is 7.50. The third-order valence-corrected chi connectivity index (χ3v) is 7.45. The molecule has 7 heteroatoms. The Bertz CT molecular complexity index is 1020. The van der Waals surface area contributed by atoms with Crippen LogP contribution in [0.3, 0.4) is 0 Å². The second-order valence-electron chi connectivity index (χ2n) is 7.60. The first-order valence-electron chi connectivity index (χ1n) is 9.56. The van der Waals surface area contributed by atoms with Gasteiger partial charge in [-0.3, -0.25) is 4.79 Å². The van der Waals surface area contributed by atoms with Gasteiger partial charge in [0.15, 0.2) is 0 Å². The van der Waals surface area contributed by atoms with Gasteiger partial charge >= 0.3 is 0 Å².